The van der Waals surface area contributed by atoms with Crippen molar-refractivity contribution in [3.63, 3.8) is 0 Å². The number of aryl methyl sites for hydroxylation is 1. The first-order chi connectivity index (χ1) is 12.5. The van der Waals surface area contributed by atoms with Gasteiger partial charge in [-0.1, -0.05) is 29.8 Å². The summed E-state index contributed by atoms with van der Waals surface area (Å²) in [4.78, 5) is 25.6. The number of para-hydroxylation sites is 1. The molecule has 0 radical (unpaired) electrons. The molecule has 0 saturated carbocycles. The van der Waals surface area contributed by atoms with Gasteiger partial charge in [-0.15, -0.1) is 11.8 Å². The first-order valence-corrected chi connectivity index (χ1v) is 9.28. The van der Waals surface area contributed by atoms with E-state index >= 15 is 0 Å². The van der Waals surface area contributed by atoms with Gasteiger partial charge in [-0.05, 0) is 37.3 Å². The van der Waals surface area contributed by atoms with Gasteiger partial charge in [-0.25, -0.2) is 0 Å². The molecule has 1 heterocycles. The molecule has 0 aliphatic rings. The predicted octanol–water partition coefficient (Wildman–Crippen LogP) is 3.77. The smallest absolute Gasteiger partial charge is 0.271 e. The van der Waals surface area contributed by atoms with E-state index in [9.17, 15) is 9.59 Å². The monoisotopic (exact) mass is 387 g/mol. The van der Waals surface area contributed by atoms with E-state index in [1.54, 1.807) is 25.3 Å². The van der Waals surface area contributed by atoms with E-state index in [-0.39, 0.29) is 17.1 Å². The zero-order valence-corrected chi connectivity index (χ0v) is 15.9. The largest absolute Gasteiger partial charge is 0.350 e. The minimum atomic E-state index is -0.371. The highest BCUT2D eigenvalue weighted by molar-refractivity contribution is 8.00. The number of thioether (sulfide) groups is 1. The molecule has 134 valence electrons. The van der Waals surface area contributed by atoms with Gasteiger partial charge in [0, 0.05) is 34.1 Å². The molecule has 7 heteroatoms. The van der Waals surface area contributed by atoms with Gasteiger partial charge in [0.1, 0.15) is 0 Å². The number of rotatable bonds is 4. The molecule has 3 rings (SSSR count). The fourth-order valence-corrected chi connectivity index (χ4v) is 3.57. The number of nitrogens with one attached hydrogen (secondary N) is 2. The number of hydrazine groups is 1. The molecule has 0 bridgehead atoms. The van der Waals surface area contributed by atoms with Crippen LogP contribution in [0.25, 0.3) is 10.9 Å². The lowest BCUT2D eigenvalue weighted by Crippen LogP contribution is -2.44. The Morgan fingerprint density at radius 2 is 1.77 bits per heavy atom. The van der Waals surface area contributed by atoms with Crippen LogP contribution in [0, 0.1) is 0 Å². The lowest BCUT2D eigenvalue weighted by Gasteiger charge is -2.12. The Kier molecular flexibility index (Phi) is 5.54. The molecule has 5 nitrogen and oxygen atoms in total. The molecule has 3 aromatic rings. The van der Waals surface area contributed by atoms with Gasteiger partial charge >= 0.3 is 0 Å². The summed E-state index contributed by atoms with van der Waals surface area (Å²) in [5.74, 6) is -0.627. The SMILES string of the molecule is CC(Sc1ccc(Cl)cc1)C(=O)NNC(=O)c1cn(C)c2ccccc12. The fraction of sp³-hybridized carbons (Fsp3) is 0.158. The van der Waals surface area contributed by atoms with Crippen molar-refractivity contribution in [2.45, 2.75) is 17.1 Å². The van der Waals surface area contributed by atoms with Crippen LogP contribution < -0.4 is 10.9 Å². The second kappa shape index (κ2) is 7.85. The van der Waals surface area contributed by atoms with E-state index in [1.807, 2.05) is 48.0 Å². The van der Waals surface area contributed by atoms with E-state index in [0.717, 1.165) is 15.8 Å². The zero-order valence-electron chi connectivity index (χ0n) is 14.3. The summed E-state index contributed by atoms with van der Waals surface area (Å²) >= 11 is 7.25. The minimum Gasteiger partial charge on any atom is -0.350 e. The molecule has 2 N–H and O–H groups in total. The third-order valence-electron chi connectivity index (χ3n) is 3.94. The van der Waals surface area contributed by atoms with Crippen molar-refractivity contribution in [2.24, 2.45) is 7.05 Å². The van der Waals surface area contributed by atoms with Crippen LogP contribution in [0.3, 0.4) is 0 Å². The fourth-order valence-electron chi connectivity index (χ4n) is 2.58. The van der Waals surface area contributed by atoms with E-state index in [4.69, 9.17) is 11.6 Å². The van der Waals surface area contributed by atoms with E-state index in [1.165, 1.54) is 11.8 Å². The molecule has 1 aromatic heterocycles. The highest BCUT2D eigenvalue weighted by atomic mass is 35.5. The quantitative estimate of drug-likeness (QED) is 0.529. The number of hydrogen-bond donors (Lipinski definition) is 2. The van der Waals surface area contributed by atoms with Crippen molar-refractivity contribution < 1.29 is 9.59 Å². The highest BCUT2D eigenvalue weighted by Crippen LogP contribution is 2.24. The number of carbonyl (C=O) groups is 2. The van der Waals surface area contributed by atoms with Crippen molar-refractivity contribution in [2.75, 3.05) is 0 Å². The maximum atomic E-state index is 12.4. The summed E-state index contributed by atoms with van der Waals surface area (Å²) in [5.41, 5.74) is 6.45. The van der Waals surface area contributed by atoms with Gasteiger partial charge in [-0.2, -0.15) is 0 Å². The summed E-state index contributed by atoms with van der Waals surface area (Å²) in [6.45, 7) is 1.78. The second-order valence-electron chi connectivity index (χ2n) is 5.83. The molecule has 2 amide bonds. The Bertz CT molecular complexity index is 953. The number of aromatic nitrogens is 1. The lowest BCUT2D eigenvalue weighted by atomic mass is 10.2. The summed E-state index contributed by atoms with van der Waals surface area (Å²) < 4.78 is 1.88. The van der Waals surface area contributed by atoms with Crippen LogP contribution in [0.15, 0.2) is 59.6 Å². The van der Waals surface area contributed by atoms with Crippen LogP contribution in [0.4, 0.5) is 0 Å². The maximum Gasteiger partial charge on any atom is 0.271 e. The lowest BCUT2D eigenvalue weighted by molar-refractivity contribution is -0.121. The Labute approximate surface area is 160 Å². The Hall–Kier alpha value is -2.44. The Morgan fingerprint density at radius 3 is 2.50 bits per heavy atom. The highest BCUT2D eigenvalue weighted by Gasteiger charge is 2.17. The number of benzene rings is 2. The summed E-state index contributed by atoms with van der Waals surface area (Å²) in [5, 5.41) is 1.11. The topological polar surface area (TPSA) is 63.1 Å². The van der Waals surface area contributed by atoms with Crippen LogP contribution in [-0.4, -0.2) is 21.6 Å². The average Bonchev–Trinajstić information content (AvgIpc) is 2.98. The van der Waals surface area contributed by atoms with E-state index in [0.29, 0.717) is 10.6 Å². The molecule has 0 aliphatic heterocycles. The van der Waals surface area contributed by atoms with Gasteiger partial charge in [0.15, 0.2) is 0 Å². The molecule has 2 aromatic carbocycles. The average molecular weight is 388 g/mol. The van der Waals surface area contributed by atoms with Crippen molar-refractivity contribution in [1.82, 2.24) is 15.4 Å². The first-order valence-electron chi connectivity index (χ1n) is 8.02. The molecule has 0 fully saturated rings. The molecular formula is C19H18ClN3O2S. The molecule has 0 aliphatic carbocycles. The van der Waals surface area contributed by atoms with Crippen molar-refractivity contribution in [3.05, 3.63) is 65.3 Å². The van der Waals surface area contributed by atoms with Crippen LogP contribution >= 0.6 is 23.4 Å². The minimum absolute atomic E-state index is 0.279. The van der Waals surface area contributed by atoms with Crippen LogP contribution in [0.2, 0.25) is 5.02 Å². The first kappa shape index (κ1) is 18.4. The van der Waals surface area contributed by atoms with Crippen molar-refractivity contribution in [3.8, 4) is 0 Å². The second-order valence-corrected chi connectivity index (χ2v) is 7.68. The van der Waals surface area contributed by atoms with Crippen LogP contribution in [-0.2, 0) is 11.8 Å². The Balaban J connectivity index is 1.61. The number of amides is 2. The summed E-state index contributed by atoms with van der Waals surface area (Å²) in [6.07, 6.45) is 1.75. The molecule has 1 atom stereocenters. The zero-order chi connectivity index (χ0) is 18.7. The molecule has 26 heavy (non-hydrogen) atoms. The standard InChI is InChI=1S/C19H18ClN3O2S/c1-12(26-14-9-7-13(20)8-10-14)18(24)21-22-19(25)16-11-23(2)17-6-4-3-5-15(16)17/h3-12H,1-2H3,(H,21,24)(H,22,25). The van der Waals surface area contributed by atoms with Crippen LogP contribution in [0.1, 0.15) is 17.3 Å². The molecule has 0 spiro atoms. The van der Waals surface area contributed by atoms with Crippen LogP contribution in [0.5, 0.6) is 0 Å². The summed E-state index contributed by atoms with van der Waals surface area (Å²) in [6, 6.07) is 14.9. The summed E-state index contributed by atoms with van der Waals surface area (Å²) in [7, 11) is 1.88. The van der Waals surface area contributed by atoms with Gasteiger partial charge in [-0.3, -0.25) is 20.4 Å². The number of halogens is 1. The molecular weight excluding hydrogens is 370 g/mol. The third kappa shape index (κ3) is 4.03. The van der Waals surface area contributed by atoms with Gasteiger partial charge in [0.05, 0.1) is 10.8 Å². The van der Waals surface area contributed by atoms with Crippen molar-refractivity contribution in [1.29, 1.82) is 0 Å². The van der Waals surface area contributed by atoms with Gasteiger partial charge < -0.3 is 4.57 Å². The predicted molar refractivity (Wildman–Crippen MR) is 105 cm³/mol. The maximum absolute atomic E-state index is 12.4. The number of hydrogen-bond acceptors (Lipinski definition) is 3. The number of fused-ring (bicyclic) bond motifs is 1. The Morgan fingerprint density at radius 1 is 1.08 bits per heavy atom. The molecule has 1 unspecified atom stereocenters. The number of carbonyl (C=O) groups excluding carboxylic acids is 2. The molecule has 0 saturated heterocycles. The van der Waals surface area contributed by atoms with Crippen molar-refractivity contribution >= 4 is 46.1 Å². The normalized spacial score (nSPS) is 12.0. The third-order valence-corrected chi connectivity index (χ3v) is 5.30. The van der Waals surface area contributed by atoms with E-state index in [2.05, 4.69) is 10.9 Å². The number of nitrogens with zero attached hydrogens (tertiary/aromatic N) is 1. The van der Waals surface area contributed by atoms with Gasteiger partial charge in [0.2, 0.25) is 0 Å². The van der Waals surface area contributed by atoms with Gasteiger partial charge in [0.25, 0.3) is 11.8 Å². The van der Waals surface area contributed by atoms with E-state index < -0.39 is 0 Å².